The van der Waals surface area contributed by atoms with E-state index in [4.69, 9.17) is 0 Å². The molecule has 2 unspecified atom stereocenters. The summed E-state index contributed by atoms with van der Waals surface area (Å²) < 4.78 is 0. The van der Waals surface area contributed by atoms with Crippen LogP contribution in [0, 0.1) is 5.92 Å². The van der Waals surface area contributed by atoms with E-state index in [0.717, 1.165) is 38.0 Å². The molecule has 2 fully saturated rings. The lowest BCUT2D eigenvalue weighted by atomic mass is 10.0. The van der Waals surface area contributed by atoms with Gasteiger partial charge in [0, 0.05) is 30.4 Å². The Balaban J connectivity index is 1.23. The van der Waals surface area contributed by atoms with Gasteiger partial charge in [-0.15, -0.1) is 0 Å². The zero-order chi connectivity index (χ0) is 18.6. The van der Waals surface area contributed by atoms with Crippen molar-refractivity contribution in [2.45, 2.75) is 44.8 Å². The summed E-state index contributed by atoms with van der Waals surface area (Å²) in [5, 5.41) is 3.87. The third kappa shape index (κ3) is 4.76. The fourth-order valence-corrected chi connectivity index (χ4v) is 4.18. The lowest BCUT2D eigenvalue weighted by Crippen LogP contribution is -2.43. The van der Waals surface area contributed by atoms with Gasteiger partial charge in [-0.1, -0.05) is 48.0 Å². The van der Waals surface area contributed by atoms with E-state index in [1.165, 1.54) is 17.6 Å². The van der Waals surface area contributed by atoms with E-state index in [-0.39, 0.29) is 5.56 Å². The van der Waals surface area contributed by atoms with Gasteiger partial charge >= 0.3 is 0 Å². The average molecular weight is 364 g/mol. The molecule has 142 valence electrons. The highest BCUT2D eigenvalue weighted by molar-refractivity contribution is 5.53. The molecule has 1 aromatic heterocycles. The van der Waals surface area contributed by atoms with Crippen LogP contribution < -0.4 is 10.9 Å². The fraction of sp³-hybridized carbons (Fsp3) is 0.435. The van der Waals surface area contributed by atoms with E-state index in [1.807, 2.05) is 12.1 Å². The molecule has 27 heavy (non-hydrogen) atoms. The number of pyridine rings is 1. The number of piperidine rings is 1. The Kier molecular flexibility index (Phi) is 5.55. The quantitative estimate of drug-likeness (QED) is 0.827. The topological polar surface area (TPSA) is 48.1 Å². The zero-order valence-corrected chi connectivity index (χ0v) is 16.0. The Labute approximate surface area is 161 Å². The van der Waals surface area contributed by atoms with Gasteiger partial charge in [0.25, 0.3) is 5.56 Å². The molecule has 2 aromatic rings. The molecular weight excluding hydrogens is 334 g/mol. The van der Waals surface area contributed by atoms with Gasteiger partial charge in [-0.3, -0.25) is 9.69 Å². The number of benzene rings is 1. The first-order chi connectivity index (χ1) is 13.2. The van der Waals surface area contributed by atoms with Crippen molar-refractivity contribution >= 4 is 6.08 Å². The third-order valence-electron chi connectivity index (χ3n) is 5.90. The second kappa shape index (κ2) is 8.24. The van der Waals surface area contributed by atoms with Crippen molar-refractivity contribution in [3.05, 3.63) is 75.7 Å². The Morgan fingerprint density at radius 3 is 2.70 bits per heavy atom. The van der Waals surface area contributed by atoms with Crippen molar-refractivity contribution in [1.29, 1.82) is 0 Å². The van der Waals surface area contributed by atoms with Crippen LogP contribution >= 0.6 is 0 Å². The maximum atomic E-state index is 11.8. The van der Waals surface area contributed by atoms with Crippen molar-refractivity contribution in [1.82, 2.24) is 15.2 Å². The van der Waals surface area contributed by atoms with Gasteiger partial charge in [-0.2, -0.15) is 0 Å². The van der Waals surface area contributed by atoms with Crippen LogP contribution in [0.3, 0.4) is 0 Å². The first kappa shape index (κ1) is 18.2. The predicted molar refractivity (Wildman–Crippen MR) is 110 cm³/mol. The summed E-state index contributed by atoms with van der Waals surface area (Å²) in [4.78, 5) is 17.0. The molecule has 0 bridgehead atoms. The van der Waals surface area contributed by atoms with Gasteiger partial charge in [-0.25, -0.2) is 0 Å². The molecular formula is C23H29N3O. The number of likely N-dealkylation sites (tertiary alicyclic amines) is 1. The second-order valence-corrected chi connectivity index (χ2v) is 7.99. The number of nitrogens with one attached hydrogen (secondary N) is 2. The van der Waals surface area contributed by atoms with Crippen molar-refractivity contribution in [3.8, 4) is 0 Å². The van der Waals surface area contributed by atoms with E-state index < -0.39 is 0 Å². The van der Waals surface area contributed by atoms with Crippen LogP contribution in [0.5, 0.6) is 0 Å². The van der Waals surface area contributed by atoms with Crippen LogP contribution in [-0.2, 0) is 6.54 Å². The molecule has 2 atom stereocenters. The van der Waals surface area contributed by atoms with Gasteiger partial charge in [0.05, 0.1) is 0 Å². The largest absolute Gasteiger partial charge is 0.329 e. The Bertz CT molecular complexity index is 834. The Morgan fingerprint density at radius 1 is 1.19 bits per heavy atom. The molecule has 1 aliphatic heterocycles. The van der Waals surface area contributed by atoms with Crippen LogP contribution in [0.2, 0.25) is 0 Å². The number of aromatic nitrogens is 1. The minimum absolute atomic E-state index is 0.0410. The molecule has 1 aliphatic carbocycles. The number of nitrogens with zero attached hydrogens (tertiary/aromatic N) is 1. The van der Waals surface area contributed by atoms with E-state index in [0.29, 0.717) is 18.0 Å². The molecule has 4 heteroatoms. The van der Waals surface area contributed by atoms with Gasteiger partial charge in [-0.05, 0) is 56.8 Å². The lowest BCUT2D eigenvalue weighted by molar-refractivity contribution is 0.189. The SMILES string of the molecule is C/C(=C\c1ccccc1)C1CC1NC1CCN(Cc2ccc[nH]c2=O)CC1. The molecule has 0 spiro atoms. The number of rotatable bonds is 6. The first-order valence-corrected chi connectivity index (χ1v) is 10.1. The summed E-state index contributed by atoms with van der Waals surface area (Å²) in [6, 6.07) is 15.7. The minimum Gasteiger partial charge on any atom is -0.329 e. The molecule has 4 rings (SSSR count). The van der Waals surface area contributed by atoms with Gasteiger partial charge < -0.3 is 10.3 Å². The molecule has 1 aromatic carbocycles. The second-order valence-electron chi connectivity index (χ2n) is 7.99. The summed E-state index contributed by atoms with van der Waals surface area (Å²) >= 11 is 0. The highest BCUT2D eigenvalue weighted by Gasteiger charge is 2.39. The van der Waals surface area contributed by atoms with Crippen LogP contribution in [0.1, 0.15) is 37.3 Å². The monoisotopic (exact) mass is 363 g/mol. The predicted octanol–water partition coefficient (Wildman–Crippen LogP) is 3.42. The first-order valence-electron chi connectivity index (χ1n) is 10.1. The zero-order valence-electron chi connectivity index (χ0n) is 16.0. The van der Waals surface area contributed by atoms with Crippen molar-refractivity contribution < 1.29 is 0 Å². The van der Waals surface area contributed by atoms with Crippen LogP contribution in [0.25, 0.3) is 6.08 Å². The number of hydrogen-bond donors (Lipinski definition) is 2. The molecule has 4 nitrogen and oxygen atoms in total. The molecule has 1 saturated carbocycles. The van der Waals surface area contributed by atoms with Crippen LogP contribution in [-0.4, -0.2) is 35.1 Å². The molecule has 2 aliphatic rings. The van der Waals surface area contributed by atoms with Gasteiger partial charge in [0.2, 0.25) is 0 Å². The summed E-state index contributed by atoms with van der Waals surface area (Å²) in [7, 11) is 0. The summed E-state index contributed by atoms with van der Waals surface area (Å²) in [6.45, 7) is 5.14. The van der Waals surface area contributed by atoms with E-state index in [1.54, 1.807) is 6.20 Å². The molecule has 0 radical (unpaired) electrons. The molecule has 2 N–H and O–H groups in total. The number of H-pyrrole nitrogens is 1. The van der Waals surface area contributed by atoms with Crippen molar-refractivity contribution in [2.75, 3.05) is 13.1 Å². The Hall–Kier alpha value is -2.17. The summed E-state index contributed by atoms with van der Waals surface area (Å²) in [5.74, 6) is 0.686. The van der Waals surface area contributed by atoms with E-state index in [2.05, 4.69) is 58.5 Å². The highest BCUT2D eigenvalue weighted by atomic mass is 16.1. The molecule has 2 heterocycles. The van der Waals surface area contributed by atoms with Crippen molar-refractivity contribution in [2.24, 2.45) is 5.92 Å². The summed E-state index contributed by atoms with van der Waals surface area (Å²) in [5.41, 5.74) is 3.69. The van der Waals surface area contributed by atoms with Crippen LogP contribution in [0.4, 0.5) is 0 Å². The maximum Gasteiger partial charge on any atom is 0.252 e. The third-order valence-corrected chi connectivity index (χ3v) is 5.90. The average Bonchev–Trinajstić information content (AvgIpc) is 3.45. The smallest absolute Gasteiger partial charge is 0.252 e. The number of hydrogen-bond acceptors (Lipinski definition) is 3. The summed E-state index contributed by atoms with van der Waals surface area (Å²) in [6.07, 6.45) is 7.61. The molecule has 0 amide bonds. The minimum atomic E-state index is 0.0410. The van der Waals surface area contributed by atoms with E-state index >= 15 is 0 Å². The van der Waals surface area contributed by atoms with E-state index in [9.17, 15) is 4.79 Å². The fourth-order valence-electron chi connectivity index (χ4n) is 4.18. The normalized spacial score (nSPS) is 24.1. The Morgan fingerprint density at radius 2 is 1.96 bits per heavy atom. The maximum absolute atomic E-state index is 11.8. The molecule has 1 saturated heterocycles. The van der Waals surface area contributed by atoms with Crippen LogP contribution in [0.15, 0.2) is 59.0 Å². The lowest BCUT2D eigenvalue weighted by Gasteiger charge is -2.32. The number of aromatic amines is 1. The van der Waals surface area contributed by atoms with Gasteiger partial charge in [0.15, 0.2) is 0 Å². The standard InChI is InChI=1S/C23H29N3O/c1-17(14-18-6-3-2-4-7-18)21-15-22(21)25-20-9-12-26(13-10-20)16-19-8-5-11-24-23(19)27/h2-8,11,14,20-22,25H,9-10,12-13,15-16H2,1H3,(H,24,27)/b17-14+. The highest BCUT2D eigenvalue weighted by Crippen LogP contribution is 2.38. The van der Waals surface area contributed by atoms with Gasteiger partial charge in [0.1, 0.15) is 0 Å². The van der Waals surface area contributed by atoms with Crippen molar-refractivity contribution in [3.63, 3.8) is 0 Å².